The first-order chi connectivity index (χ1) is 14.9. The van der Waals surface area contributed by atoms with Crippen molar-refractivity contribution in [2.75, 3.05) is 26.2 Å². The molecule has 1 aliphatic heterocycles. The quantitative estimate of drug-likeness (QED) is 0.732. The first-order valence-corrected chi connectivity index (χ1v) is 10.3. The molecule has 0 radical (unpaired) electrons. The zero-order valence-electron chi connectivity index (χ0n) is 17.7. The van der Waals surface area contributed by atoms with Crippen LogP contribution in [0.2, 0.25) is 0 Å². The summed E-state index contributed by atoms with van der Waals surface area (Å²) < 4.78 is 29.7. The fraction of sp³-hybridized carbons (Fsp3) is 0.391. The SMILES string of the molecule is Cc1ccccc1CNC(=O)C(C)N1CCN(C(=O)c2ccccc2OC(F)F)CC1. The van der Waals surface area contributed by atoms with E-state index in [1.54, 1.807) is 17.0 Å². The topological polar surface area (TPSA) is 61.9 Å². The van der Waals surface area contributed by atoms with Gasteiger partial charge >= 0.3 is 6.61 Å². The van der Waals surface area contributed by atoms with Crippen LogP contribution in [0.4, 0.5) is 8.78 Å². The Hall–Kier alpha value is -3.00. The summed E-state index contributed by atoms with van der Waals surface area (Å²) in [7, 11) is 0. The summed E-state index contributed by atoms with van der Waals surface area (Å²) in [6, 6.07) is 13.6. The van der Waals surface area contributed by atoms with Gasteiger partial charge in [0.05, 0.1) is 11.6 Å². The van der Waals surface area contributed by atoms with Gasteiger partial charge in [0.15, 0.2) is 0 Å². The van der Waals surface area contributed by atoms with Gasteiger partial charge in [0.1, 0.15) is 5.75 Å². The number of aryl methyl sites for hydroxylation is 1. The lowest BCUT2D eigenvalue weighted by Gasteiger charge is -2.37. The molecule has 166 valence electrons. The molecule has 1 atom stereocenters. The molecule has 2 amide bonds. The number of amides is 2. The molecular formula is C23H27F2N3O3. The van der Waals surface area contributed by atoms with Gasteiger partial charge in [-0.2, -0.15) is 8.78 Å². The van der Waals surface area contributed by atoms with E-state index >= 15 is 0 Å². The molecule has 2 aromatic carbocycles. The van der Waals surface area contributed by atoms with Gasteiger partial charge < -0.3 is 15.0 Å². The number of nitrogens with one attached hydrogen (secondary N) is 1. The molecule has 2 aromatic rings. The minimum Gasteiger partial charge on any atom is -0.434 e. The Morgan fingerprint density at radius 1 is 1.03 bits per heavy atom. The summed E-state index contributed by atoms with van der Waals surface area (Å²) in [6.45, 7) is 3.15. The van der Waals surface area contributed by atoms with Gasteiger partial charge in [-0.25, -0.2) is 0 Å². The van der Waals surface area contributed by atoms with Crippen molar-refractivity contribution in [1.29, 1.82) is 0 Å². The van der Waals surface area contributed by atoms with Crippen LogP contribution in [0.5, 0.6) is 5.75 Å². The summed E-state index contributed by atoms with van der Waals surface area (Å²) >= 11 is 0. The molecule has 1 fully saturated rings. The Morgan fingerprint density at radius 2 is 1.68 bits per heavy atom. The number of carbonyl (C=O) groups excluding carboxylic acids is 2. The van der Waals surface area contributed by atoms with Crippen LogP contribution in [0.3, 0.4) is 0 Å². The standard InChI is InChI=1S/C23H27F2N3O3/c1-16-7-3-4-8-18(16)15-26-21(29)17(2)27-11-13-28(14-12-27)22(30)19-9-5-6-10-20(19)31-23(24)25/h3-10,17,23H,11-15H2,1-2H3,(H,26,29). The van der Waals surface area contributed by atoms with E-state index in [0.29, 0.717) is 32.7 Å². The van der Waals surface area contributed by atoms with Gasteiger partial charge in [-0.05, 0) is 37.1 Å². The molecule has 8 heteroatoms. The Kier molecular flexibility index (Phi) is 7.57. The molecule has 1 saturated heterocycles. The van der Waals surface area contributed by atoms with Crippen molar-refractivity contribution in [2.45, 2.75) is 33.0 Å². The summed E-state index contributed by atoms with van der Waals surface area (Å²) in [5, 5.41) is 2.97. The van der Waals surface area contributed by atoms with Crippen LogP contribution >= 0.6 is 0 Å². The van der Waals surface area contributed by atoms with Crippen LogP contribution in [-0.2, 0) is 11.3 Å². The minimum atomic E-state index is -3.00. The van der Waals surface area contributed by atoms with Crippen LogP contribution in [0.1, 0.15) is 28.4 Å². The van der Waals surface area contributed by atoms with Crippen LogP contribution in [0, 0.1) is 6.92 Å². The normalized spacial score (nSPS) is 15.6. The molecule has 0 aliphatic carbocycles. The van der Waals surface area contributed by atoms with Crippen LogP contribution < -0.4 is 10.1 Å². The zero-order chi connectivity index (χ0) is 22.4. The Morgan fingerprint density at radius 3 is 2.35 bits per heavy atom. The number of benzene rings is 2. The van der Waals surface area contributed by atoms with Crippen molar-refractivity contribution in [2.24, 2.45) is 0 Å². The lowest BCUT2D eigenvalue weighted by atomic mass is 10.1. The highest BCUT2D eigenvalue weighted by Crippen LogP contribution is 2.22. The number of halogens is 2. The minimum absolute atomic E-state index is 0.0706. The maximum absolute atomic E-state index is 12.8. The largest absolute Gasteiger partial charge is 0.434 e. The van der Waals surface area contributed by atoms with E-state index < -0.39 is 6.61 Å². The number of piperazine rings is 1. The molecule has 1 heterocycles. The van der Waals surface area contributed by atoms with E-state index in [0.717, 1.165) is 11.1 Å². The second-order valence-corrected chi connectivity index (χ2v) is 7.52. The molecule has 0 bridgehead atoms. The smallest absolute Gasteiger partial charge is 0.387 e. The van der Waals surface area contributed by atoms with Gasteiger partial charge in [-0.1, -0.05) is 36.4 Å². The second-order valence-electron chi connectivity index (χ2n) is 7.52. The highest BCUT2D eigenvalue weighted by Gasteiger charge is 2.29. The summed E-state index contributed by atoms with van der Waals surface area (Å²) in [5.74, 6) is -0.555. The van der Waals surface area contributed by atoms with Gasteiger partial charge in [0.25, 0.3) is 5.91 Å². The molecule has 1 aliphatic rings. The number of para-hydroxylation sites is 1. The predicted octanol–water partition coefficient (Wildman–Crippen LogP) is 3.06. The third kappa shape index (κ3) is 5.79. The number of carbonyl (C=O) groups is 2. The lowest BCUT2D eigenvalue weighted by Crippen LogP contribution is -2.54. The van der Waals surface area contributed by atoms with Gasteiger partial charge in [0.2, 0.25) is 5.91 Å². The number of nitrogens with zero attached hydrogens (tertiary/aromatic N) is 2. The number of rotatable bonds is 7. The lowest BCUT2D eigenvalue weighted by molar-refractivity contribution is -0.126. The molecule has 1 N–H and O–H groups in total. The van der Waals surface area contributed by atoms with Crippen molar-refractivity contribution in [3.63, 3.8) is 0 Å². The summed E-state index contributed by atoms with van der Waals surface area (Å²) in [4.78, 5) is 29.0. The average molecular weight is 431 g/mol. The van der Waals surface area contributed by atoms with E-state index in [1.165, 1.54) is 12.1 Å². The maximum Gasteiger partial charge on any atom is 0.387 e. The number of ether oxygens (including phenoxy) is 1. The number of hydrogen-bond donors (Lipinski definition) is 1. The van der Waals surface area contributed by atoms with E-state index in [2.05, 4.69) is 10.1 Å². The van der Waals surface area contributed by atoms with E-state index in [1.807, 2.05) is 43.0 Å². The van der Waals surface area contributed by atoms with E-state index in [9.17, 15) is 18.4 Å². The van der Waals surface area contributed by atoms with Crippen molar-refractivity contribution in [3.8, 4) is 5.75 Å². The molecule has 1 unspecified atom stereocenters. The predicted molar refractivity (Wildman–Crippen MR) is 113 cm³/mol. The summed E-state index contributed by atoms with van der Waals surface area (Å²) in [5.41, 5.74) is 2.31. The zero-order valence-corrected chi connectivity index (χ0v) is 17.7. The van der Waals surface area contributed by atoms with Crippen molar-refractivity contribution >= 4 is 11.8 Å². The average Bonchev–Trinajstić information content (AvgIpc) is 2.77. The Labute approximate surface area is 180 Å². The first kappa shape index (κ1) is 22.7. The third-order valence-corrected chi connectivity index (χ3v) is 5.58. The number of hydrogen-bond acceptors (Lipinski definition) is 4. The maximum atomic E-state index is 12.8. The van der Waals surface area contributed by atoms with Crippen LogP contribution in [0.25, 0.3) is 0 Å². The van der Waals surface area contributed by atoms with Gasteiger partial charge in [-0.3, -0.25) is 14.5 Å². The van der Waals surface area contributed by atoms with Crippen molar-refractivity contribution in [3.05, 3.63) is 65.2 Å². The highest BCUT2D eigenvalue weighted by atomic mass is 19.3. The van der Waals surface area contributed by atoms with E-state index in [4.69, 9.17) is 0 Å². The van der Waals surface area contributed by atoms with E-state index in [-0.39, 0.29) is 29.2 Å². The summed E-state index contributed by atoms with van der Waals surface area (Å²) in [6.07, 6.45) is 0. The van der Waals surface area contributed by atoms with Gasteiger partial charge in [-0.15, -0.1) is 0 Å². The fourth-order valence-corrected chi connectivity index (χ4v) is 3.63. The molecule has 0 saturated carbocycles. The molecular weight excluding hydrogens is 404 g/mol. The molecule has 6 nitrogen and oxygen atoms in total. The molecule has 0 aromatic heterocycles. The Balaban J connectivity index is 1.53. The molecule has 3 rings (SSSR count). The van der Waals surface area contributed by atoms with Crippen LogP contribution in [0.15, 0.2) is 48.5 Å². The third-order valence-electron chi connectivity index (χ3n) is 5.58. The molecule has 31 heavy (non-hydrogen) atoms. The second kappa shape index (κ2) is 10.3. The van der Waals surface area contributed by atoms with Crippen molar-refractivity contribution in [1.82, 2.24) is 15.1 Å². The van der Waals surface area contributed by atoms with Gasteiger partial charge in [0, 0.05) is 32.7 Å². The fourth-order valence-electron chi connectivity index (χ4n) is 3.63. The van der Waals surface area contributed by atoms with Crippen LogP contribution in [-0.4, -0.2) is 60.4 Å². The highest BCUT2D eigenvalue weighted by molar-refractivity contribution is 5.97. The number of alkyl halides is 2. The molecule has 0 spiro atoms. The first-order valence-electron chi connectivity index (χ1n) is 10.3. The monoisotopic (exact) mass is 431 g/mol. The van der Waals surface area contributed by atoms with Crippen molar-refractivity contribution < 1.29 is 23.1 Å². The Bertz CT molecular complexity index is 914.